The predicted octanol–water partition coefficient (Wildman–Crippen LogP) is 3.72. The summed E-state index contributed by atoms with van der Waals surface area (Å²) in [6.07, 6.45) is 2.17. The second-order valence-electron chi connectivity index (χ2n) is 5.05. The molecule has 1 aliphatic heterocycles. The first-order valence-electron chi connectivity index (χ1n) is 6.50. The molecule has 3 nitrogen and oxygen atoms in total. The van der Waals surface area contributed by atoms with E-state index in [9.17, 15) is 4.79 Å². The first kappa shape index (κ1) is 17.8. The van der Waals surface area contributed by atoms with Gasteiger partial charge in [-0.25, -0.2) is 0 Å². The molecule has 0 aromatic heterocycles. The number of amides is 1. The number of hydrogen-bond donors (Lipinski definition) is 1. The summed E-state index contributed by atoms with van der Waals surface area (Å²) in [6.45, 7) is 3.46. The van der Waals surface area contributed by atoms with Gasteiger partial charge in [0.25, 0.3) is 5.91 Å². The van der Waals surface area contributed by atoms with Crippen molar-refractivity contribution in [1.82, 2.24) is 4.90 Å². The fourth-order valence-corrected chi connectivity index (χ4v) is 3.15. The molecule has 2 rings (SSSR count). The van der Waals surface area contributed by atoms with Crippen LogP contribution in [-0.4, -0.2) is 29.9 Å². The predicted molar refractivity (Wildman–Crippen MR) is 88.7 cm³/mol. The van der Waals surface area contributed by atoms with Crippen molar-refractivity contribution < 1.29 is 4.79 Å². The lowest BCUT2D eigenvalue weighted by atomic mass is 9.90. The van der Waals surface area contributed by atoms with E-state index in [1.165, 1.54) is 0 Å². The SMILES string of the molecule is CC1CCCN(C(=O)c2ccc(Cl)c(Br)c2)C1CN.Cl. The number of rotatable bonds is 2. The Balaban J connectivity index is 0.00000200. The topological polar surface area (TPSA) is 46.3 Å². The molecule has 1 heterocycles. The van der Waals surface area contributed by atoms with Gasteiger partial charge in [-0.2, -0.15) is 0 Å². The maximum atomic E-state index is 12.6. The molecule has 0 aliphatic carbocycles. The van der Waals surface area contributed by atoms with Crippen molar-refractivity contribution in [2.24, 2.45) is 11.7 Å². The number of nitrogens with two attached hydrogens (primary N) is 1. The first-order valence-corrected chi connectivity index (χ1v) is 7.67. The maximum Gasteiger partial charge on any atom is 0.254 e. The minimum Gasteiger partial charge on any atom is -0.334 e. The van der Waals surface area contributed by atoms with Gasteiger partial charge in [-0.15, -0.1) is 12.4 Å². The van der Waals surface area contributed by atoms with E-state index in [0.29, 0.717) is 23.0 Å². The molecule has 1 saturated heterocycles. The van der Waals surface area contributed by atoms with E-state index in [1.54, 1.807) is 18.2 Å². The summed E-state index contributed by atoms with van der Waals surface area (Å²) in [4.78, 5) is 14.5. The average Bonchev–Trinajstić information content (AvgIpc) is 2.40. The normalized spacial score (nSPS) is 22.3. The Morgan fingerprint density at radius 2 is 2.25 bits per heavy atom. The van der Waals surface area contributed by atoms with Crippen LogP contribution >= 0.6 is 39.9 Å². The van der Waals surface area contributed by atoms with Gasteiger partial charge in [0.1, 0.15) is 0 Å². The van der Waals surface area contributed by atoms with E-state index >= 15 is 0 Å². The molecule has 0 bridgehead atoms. The molecule has 1 amide bonds. The van der Waals surface area contributed by atoms with Gasteiger partial charge in [0.2, 0.25) is 0 Å². The summed E-state index contributed by atoms with van der Waals surface area (Å²) in [5.74, 6) is 0.498. The quantitative estimate of drug-likeness (QED) is 0.848. The second kappa shape index (κ2) is 7.64. The standard InChI is InChI=1S/C14H18BrClN2O.ClH/c1-9-3-2-6-18(13(9)8-17)14(19)10-4-5-12(16)11(15)7-10;/h4-5,7,9,13H,2-3,6,8,17H2,1H3;1H. The van der Waals surface area contributed by atoms with Gasteiger partial charge in [-0.1, -0.05) is 18.5 Å². The molecule has 20 heavy (non-hydrogen) atoms. The Kier molecular flexibility index (Phi) is 6.79. The molecule has 6 heteroatoms. The molecule has 2 N–H and O–H groups in total. The number of hydrogen-bond acceptors (Lipinski definition) is 2. The van der Waals surface area contributed by atoms with Crippen LogP contribution in [0.15, 0.2) is 22.7 Å². The Bertz CT molecular complexity index is 484. The molecule has 112 valence electrons. The lowest BCUT2D eigenvalue weighted by Gasteiger charge is -2.39. The zero-order valence-electron chi connectivity index (χ0n) is 11.3. The van der Waals surface area contributed by atoms with Crippen LogP contribution in [0.2, 0.25) is 5.02 Å². The lowest BCUT2D eigenvalue weighted by Crippen LogP contribution is -2.51. The van der Waals surface area contributed by atoms with Crippen LogP contribution in [0.1, 0.15) is 30.1 Å². The smallest absolute Gasteiger partial charge is 0.254 e. The van der Waals surface area contributed by atoms with Crippen LogP contribution in [0.3, 0.4) is 0 Å². The highest BCUT2D eigenvalue weighted by atomic mass is 79.9. The van der Waals surface area contributed by atoms with Crippen LogP contribution < -0.4 is 5.73 Å². The van der Waals surface area contributed by atoms with Gasteiger partial charge in [0, 0.05) is 29.2 Å². The molecule has 1 fully saturated rings. The van der Waals surface area contributed by atoms with Gasteiger partial charge in [0.05, 0.1) is 5.02 Å². The van der Waals surface area contributed by atoms with Crippen LogP contribution in [0.25, 0.3) is 0 Å². The zero-order valence-corrected chi connectivity index (χ0v) is 14.5. The van der Waals surface area contributed by atoms with Crippen molar-refractivity contribution in [2.75, 3.05) is 13.1 Å². The molecule has 1 aromatic carbocycles. The second-order valence-corrected chi connectivity index (χ2v) is 6.31. The summed E-state index contributed by atoms with van der Waals surface area (Å²) < 4.78 is 0.745. The zero-order chi connectivity index (χ0) is 14.0. The third-order valence-corrected chi connectivity index (χ3v) is 5.00. The van der Waals surface area contributed by atoms with E-state index in [4.69, 9.17) is 17.3 Å². The third-order valence-electron chi connectivity index (χ3n) is 3.78. The summed E-state index contributed by atoms with van der Waals surface area (Å²) in [6, 6.07) is 5.42. The summed E-state index contributed by atoms with van der Waals surface area (Å²) in [5, 5.41) is 0.610. The van der Waals surface area contributed by atoms with Gasteiger partial charge >= 0.3 is 0 Å². The minimum absolute atomic E-state index is 0. The van der Waals surface area contributed by atoms with E-state index in [0.717, 1.165) is 23.9 Å². The molecule has 1 aromatic rings. The van der Waals surface area contributed by atoms with Crippen molar-refractivity contribution in [3.63, 3.8) is 0 Å². The number of halogens is 3. The molecular formula is C14H19BrCl2N2O. The van der Waals surface area contributed by atoms with Crippen molar-refractivity contribution in [2.45, 2.75) is 25.8 Å². The molecule has 0 spiro atoms. The fourth-order valence-electron chi connectivity index (χ4n) is 2.66. The Labute approximate surface area is 139 Å². The highest BCUT2D eigenvalue weighted by Gasteiger charge is 2.31. The number of likely N-dealkylation sites (tertiary alicyclic amines) is 1. The van der Waals surface area contributed by atoms with E-state index < -0.39 is 0 Å². The molecule has 2 atom stereocenters. The Morgan fingerprint density at radius 3 is 2.85 bits per heavy atom. The summed E-state index contributed by atoms with van der Waals surface area (Å²) in [7, 11) is 0. The van der Waals surface area contributed by atoms with Gasteiger partial charge in [0.15, 0.2) is 0 Å². The minimum atomic E-state index is 0. The van der Waals surface area contributed by atoms with Crippen molar-refractivity contribution in [3.05, 3.63) is 33.3 Å². The average molecular weight is 382 g/mol. The van der Waals surface area contributed by atoms with Crippen molar-refractivity contribution in [1.29, 1.82) is 0 Å². The molecule has 2 unspecified atom stereocenters. The number of piperidine rings is 1. The Morgan fingerprint density at radius 1 is 1.55 bits per heavy atom. The number of benzene rings is 1. The maximum absolute atomic E-state index is 12.6. The van der Waals surface area contributed by atoms with E-state index in [1.807, 2.05) is 4.90 Å². The van der Waals surface area contributed by atoms with E-state index in [-0.39, 0.29) is 24.4 Å². The van der Waals surface area contributed by atoms with Crippen LogP contribution in [0.4, 0.5) is 0 Å². The lowest BCUT2D eigenvalue weighted by molar-refractivity contribution is 0.0532. The first-order chi connectivity index (χ1) is 9.04. The van der Waals surface area contributed by atoms with Crippen molar-refractivity contribution in [3.8, 4) is 0 Å². The number of carbonyl (C=O) groups excluding carboxylic acids is 1. The molecular weight excluding hydrogens is 363 g/mol. The highest BCUT2D eigenvalue weighted by molar-refractivity contribution is 9.10. The molecule has 0 saturated carbocycles. The number of carbonyl (C=O) groups is 1. The summed E-state index contributed by atoms with van der Waals surface area (Å²) in [5.41, 5.74) is 6.49. The Hall–Kier alpha value is -0.290. The molecule has 1 aliphatic rings. The van der Waals surface area contributed by atoms with E-state index in [2.05, 4.69) is 22.9 Å². The largest absolute Gasteiger partial charge is 0.334 e. The van der Waals surface area contributed by atoms with Crippen molar-refractivity contribution >= 4 is 45.8 Å². The van der Waals surface area contributed by atoms with Gasteiger partial charge < -0.3 is 10.6 Å². The van der Waals surface area contributed by atoms with Crippen LogP contribution in [0.5, 0.6) is 0 Å². The highest BCUT2D eigenvalue weighted by Crippen LogP contribution is 2.27. The number of nitrogens with zero attached hydrogens (tertiary/aromatic N) is 1. The van der Waals surface area contributed by atoms with Gasteiger partial charge in [-0.05, 0) is 52.9 Å². The third kappa shape index (κ3) is 3.67. The molecule has 0 radical (unpaired) electrons. The fraction of sp³-hybridized carbons (Fsp3) is 0.500. The van der Waals surface area contributed by atoms with Crippen LogP contribution in [-0.2, 0) is 0 Å². The van der Waals surface area contributed by atoms with Crippen LogP contribution in [0, 0.1) is 5.92 Å². The van der Waals surface area contributed by atoms with Gasteiger partial charge in [-0.3, -0.25) is 4.79 Å². The monoisotopic (exact) mass is 380 g/mol. The summed E-state index contributed by atoms with van der Waals surface area (Å²) >= 11 is 9.31.